The van der Waals surface area contributed by atoms with E-state index in [-0.39, 0.29) is 10.9 Å². The minimum absolute atomic E-state index is 0.0105. The van der Waals surface area contributed by atoms with Crippen LogP contribution in [0, 0.1) is 29.6 Å². The predicted octanol–water partition coefficient (Wildman–Crippen LogP) is 3.22. The second-order valence-electron chi connectivity index (χ2n) is 8.77. The van der Waals surface area contributed by atoms with Crippen molar-refractivity contribution in [1.29, 1.82) is 0 Å². The van der Waals surface area contributed by atoms with Gasteiger partial charge in [-0.15, -0.1) is 22.8 Å². The molecule has 5 aliphatic rings. The lowest BCUT2D eigenvalue weighted by Gasteiger charge is -2.55. The van der Waals surface area contributed by atoms with Gasteiger partial charge in [-0.2, -0.15) is 0 Å². The van der Waals surface area contributed by atoms with Gasteiger partial charge in [0, 0.05) is 18.5 Å². The van der Waals surface area contributed by atoms with Crippen LogP contribution in [0.5, 0.6) is 0 Å². The maximum atomic E-state index is 6.12. The highest BCUT2D eigenvalue weighted by atomic mass is 32.2. The zero-order chi connectivity index (χ0) is 18.3. The highest BCUT2D eigenvalue weighted by molar-refractivity contribution is 7.99. The zero-order valence-electron chi connectivity index (χ0n) is 15.6. The van der Waals surface area contributed by atoms with Gasteiger partial charge in [-0.25, -0.2) is 0 Å². The molecule has 146 valence electrons. The summed E-state index contributed by atoms with van der Waals surface area (Å²) >= 11 is 5.93. The third-order valence-electron chi connectivity index (χ3n) is 6.73. The Morgan fingerprint density at radius 2 is 1.85 bits per heavy atom. The van der Waals surface area contributed by atoms with Gasteiger partial charge in [0.1, 0.15) is 5.44 Å². The van der Waals surface area contributed by atoms with Gasteiger partial charge in [0.05, 0.1) is 18.9 Å². The molecule has 1 aliphatic heterocycles. The van der Waals surface area contributed by atoms with Crippen LogP contribution in [0.1, 0.15) is 44.4 Å². The van der Waals surface area contributed by atoms with Gasteiger partial charge in [-0.05, 0) is 56.3 Å². The largest absolute Gasteiger partial charge is 0.415 e. The molecule has 1 aromatic rings. The topological polar surface area (TPSA) is 51.4 Å². The van der Waals surface area contributed by atoms with Gasteiger partial charge in [0.2, 0.25) is 5.89 Å². The summed E-state index contributed by atoms with van der Waals surface area (Å²) in [5.41, 5.74) is 0.197. The number of aromatic nitrogens is 2. The van der Waals surface area contributed by atoms with E-state index in [1.54, 1.807) is 11.8 Å². The van der Waals surface area contributed by atoms with Crippen molar-refractivity contribution in [2.75, 3.05) is 32.0 Å². The molecular weight excluding hydrogens is 378 g/mol. The molecule has 1 atom stereocenters. The molecule has 0 aromatic carbocycles. The summed E-state index contributed by atoms with van der Waals surface area (Å²) in [6, 6.07) is 0. The van der Waals surface area contributed by atoms with Crippen LogP contribution in [-0.4, -0.2) is 52.5 Å². The molecule has 1 unspecified atom stereocenters. The summed E-state index contributed by atoms with van der Waals surface area (Å²) in [7, 11) is 0. The highest BCUT2D eigenvalue weighted by Crippen LogP contribution is 2.60. The first-order valence-electron chi connectivity index (χ1n) is 10.1. The van der Waals surface area contributed by atoms with Crippen LogP contribution < -0.4 is 0 Å². The van der Waals surface area contributed by atoms with Crippen molar-refractivity contribution in [1.82, 2.24) is 15.1 Å². The van der Waals surface area contributed by atoms with Crippen LogP contribution in [0.25, 0.3) is 0 Å². The van der Waals surface area contributed by atoms with Crippen LogP contribution in [-0.2, 0) is 10.2 Å². The Kier molecular flexibility index (Phi) is 5.18. The number of morpholine rings is 1. The van der Waals surface area contributed by atoms with Crippen molar-refractivity contribution < 1.29 is 9.15 Å². The van der Waals surface area contributed by atoms with Crippen LogP contribution >= 0.6 is 24.4 Å². The van der Waals surface area contributed by atoms with E-state index in [2.05, 4.69) is 39.6 Å². The number of ether oxygens (including phenoxy) is 1. The molecule has 1 aromatic heterocycles. The van der Waals surface area contributed by atoms with Gasteiger partial charge in [0.15, 0.2) is 0 Å². The van der Waals surface area contributed by atoms with E-state index in [1.807, 2.05) is 0 Å². The molecule has 0 N–H and O–H groups in total. The van der Waals surface area contributed by atoms with E-state index in [4.69, 9.17) is 9.15 Å². The Labute approximate surface area is 170 Å². The summed E-state index contributed by atoms with van der Waals surface area (Å²) in [5, 5.41) is 9.46. The quantitative estimate of drug-likeness (QED) is 0.472. The Hall–Kier alpha value is -0.680. The van der Waals surface area contributed by atoms with Gasteiger partial charge in [-0.1, -0.05) is 23.6 Å². The monoisotopic (exact) mass is 405 g/mol. The number of thiol groups is 1. The fraction of sp³-hybridized carbons (Fsp3) is 0.800. The van der Waals surface area contributed by atoms with Crippen molar-refractivity contribution >= 4 is 24.4 Å². The van der Waals surface area contributed by atoms with Crippen molar-refractivity contribution in [2.24, 2.45) is 17.8 Å². The number of hydrogen-bond donors (Lipinski definition) is 1. The lowest BCUT2D eigenvalue weighted by Crippen LogP contribution is -2.48. The molecule has 0 radical (unpaired) electrons. The molecule has 6 rings (SSSR count). The summed E-state index contributed by atoms with van der Waals surface area (Å²) in [5.74, 6) is 10.7. The lowest BCUT2D eigenvalue weighted by molar-refractivity contribution is -0.0191. The predicted molar refractivity (Wildman–Crippen MR) is 108 cm³/mol. The molecule has 5 nitrogen and oxygen atoms in total. The molecular formula is C20H27N3O2S2. The fourth-order valence-corrected chi connectivity index (χ4v) is 6.87. The Morgan fingerprint density at radius 1 is 1.11 bits per heavy atom. The van der Waals surface area contributed by atoms with E-state index in [0.29, 0.717) is 11.0 Å². The van der Waals surface area contributed by atoms with Crippen molar-refractivity contribution in [3.05, 3.63) is 5.89 Å². The molecule has 0 amide bonds. The standard InChI is InChI=1S/C20H27N3O2S2/c26-17-13-23(4-5-24-17)3-1-2-6-27-19-22-21-18(25-19)20-10-14-7-15(11-20)9-16(8-14)12-20/h14-17,26H,3-13H2. The Bertz CT molecular complexity index is 706. The summed E-state index contributed by atoms with van der Waals surface area (Å²) < 4.78 is 11.5. The average Bonchev–Trinajstić information content (AvgIpc) is 3.10. The molecule has 2 heterocycles. The number of hydrogen-bond acceptors (Lipinski definition) is 7. The third-order valence-corrected chi connectivity index (χ3v) is 7.74. The third kappa shape index (κ3) is 3.91. The molecule has 4 bridgehead atoms. The molecule has 0 spiro atoms. The number of rotatable bonds is 4. The Balaban J connectivity index is 1.15. The lowest BCUT2D eigenvalue weighted by atomic mass is 9.49. The minimum atomic E-state index is 0.0105. The van der Waals surface area contributed by atoms with Crippen molar-refractivity contribution in [3.63, 3.8) is 0 Å². The normalized spacial score (nSPS) is 38.0. The smallest absolute Gasteiger partial charge is 0.277 e. The average molecular weight is 406 g/mol. The van der Waals surface area contributed by atoms with Crippen LogP contribution in [0.3, 0.4) is 0 Å². The number of nitrogens with zero attached hydrogens (tertiary/aromatic N) is 3. The van der Waals surface area contributed by atoms with Crippen molar-refractivity contribution in [2.45, 2.75) is 54.6 Å². The fourth-order valence-electron chi connectivity index (χ4n) is 6.00. The zero-order valence-corrected chi connectivity index (χ0v) is 17.3. The van der Waals surface area contributed by atoms with Crippen LogP contribution in [0.4, 0.5) is 0 Å². The first-order valence-corrected chi connectivity index (χ1v) is 11.6. The Morgan fingerprint density at radius 3 is 2.56 bits per heavy atom. The van der Waals surface area contributed by atoms with Gasteiger partial charge in [-0.3, -0.25) is 4.90 Å². The highest BCUT2D eigenvalue weighted by Gasteiger charge is 2.54. The summed E-state index contributed by atoms with van der Waals surface area (Å²) in [6.45, 7) is 3.27. The number of thioether (sulfide) groups is 1. The molecule has 7 heteroatoms. The van der Waals surface area contributed by atoms with E-state index >= 15 is 0 Å². The summed E-state index contributed by atoms with van der Waals surface area (Å²) in [4.78, 5) is 2.27. The second-order valence-corrected chi connectivity index (χ2v) is 10.3. The molecule has 4 aliphatic carbocycles. The molecule has 5 fully saturated rings. The van der Waals surface area contributed by atoms with E-state index in [1.165, 1.54) is 38.5 Å². The second kappa shape index (κ2) is 7.62. The SMILES string of the molecule is SC1CN(CC#CCSc2nnc(C34CC5CC(CC(C5)C3)C4)o2)CCO1. The van der Waals surface area contributed by atoms with E-state index < -0.39 is 0 Å². The first-order chi connectivity index (χ1) is 13.2. The van der Waals surface area contributed by atoms with Crippen molar-refractivity contribution in [3.8, 4) is 11.8 Å². The van der Waals surface area contributed by atoms with E-state index in [9.17, 15) is 0 Å². The maximum Gasteiger partial charge on any atom is 0.277 e. The van der Waals surface area contributed by atoms with Gasteiger partial charge < -0.3 is 9.15 Å². The summed E-state index contributed by atoms with van der Waals surface area (Å²) in [6.07, 6.45) is 8.08. The molecule has 27 heavy (non-hydrogen) atoms. The molecule has 1 saturated heterocycles. The minimum Gasteiger partial charge on any atom is -0.415 e. The van der Waals surface area contributed by atoms with Crippen LogP contribution in [0.2, 0.25) is 0 Å². The van der Waals surface area contributed by atoms with Gasteiger partial charge >= 0.3 is 0 Å². The maximum absolute atomic E-state index is 6.12. The van der Waals surface area contributed by atoms with E-state index in [0.717, 1.165) is 49.9 Å². The molecule has 4 saturated carbocycles. The van der Waals surface area contributed by atoms with Gasteiger partial charge in [0.25, 0.3) is 5.22 Å². The van der Waals surface area contributed by atoms with Crippen LogP contribution in [0.15, 0.2) is 9.64 Å². The first kappa shape index (κ1) is 18.4.